The molecule has 2 amide bonds. The molecule has 1 unspecified atom stereocenters. The van der Waals surface area contributed by atoms with E-state index in [1.54, 1.807) is 0 Å². The first-order valence-electron chi connectivity index (χ1n) is 8.37. The molecule has 1 atom stereocenters. The maximum Gasteiger partial charge on any atom is 0.417 e. The van der Waals surface area contributed by atoms with Gasteiger partial charge in [0.1, 0.15) is 6.61 Å². The molecule has 3 rings (SSSR count). The fourth-order valence-electron chi connectivity index (χ4n) is 3.57. The van der Waals surface area contributed by atoms with Crippen LogP contribution in [0.4, 0.5) is 4.79 Å². The number of imide groups is 1. The smallest absolute Gasteiger partial charge is 0.417 e. The van der Waals surface area contributed by atoms with Crippen molar-refractivity contribution in [3.63, 3.8) is 0 Å². The van der Waals surface area contributed by atoms with E-state index in [9.17, 15) is 9.59 Å². The van der Waals surface area contributed by atoms with Gasteiger partial charge in [-0.15, -0.1) is 0 Å². The SMILES string of the molecule is C=C(CC1CCCC1)C(=O)N1C(=O)OCC1Cc1ccccc1. The number of hydrogen-bond acceptors (Lipinski definition) is 3. The van der Waals surface area contributed by atoms with Crippen LogP contribution in [0.1, 0.15) is 37.7 Å². The van der Waals surface area contributed by atoms with E-state index in [0.29, 0.717) is 24.3 Å². The lowest BCUT2D eigenvalue weighted by Gasteiger charge is -2.21. The average molecular weight is 313 g/mol. The van der Waals surface area contributed by atoms with E-state index in [1.165, 1.54) is 17.7 Å². The predicted octanol–water partition coefficient (Wildman–Crippen LogP) is 3.71. The van der Waals surface area contributed by atoms with Crippen LogP contribution in [-0.2, 0) is 16.0 Å². The van der Waals surface area contributed by atoms with Crippen molar-refractivity contribution in [3.05, 3.63) is 48.0 Å². The lowest BCUT2D eigenvalue weighted by molar-refractivity contribution is -0.125. The second-order valence-electron chi connectivity index (χ2n) is 6.55. The molecule has 1 saturated heterocycles. The van der Waals surface area contributed by atoms with Gasteiger partial charge in [0.2, 0.25) is 0 Å². The van der Waals surface area contributed by atoms with Crippen molar-refractivity contribution in [1.29, 1.82) is 0 Å². The molecule has 2 fully saturated rings. The van der Waals surface area contributed by atoms with Gasteiger partial charge in [0.25, 0.3) is 5.91 Å². The molecule has 0 radical (unpaired) electrons. The zero-order valence-electron chi connectivity index (χ0n) is 13.4. The molecular weight excluding hydrogens is 290 g/mol. The summed E-state index contributed by atoms with van der Waals surface area (Å²) in [7, 11) is 0. The molecule has 0 bridgehead atoms. The Hall–Kier alpha value is -2.10. The van der Waals surface area contributed by atoms with Crippen molar-refractivity contribution < 1.29 is 14.3 Å². The van der Waals surface area contributed by atoms with Gasteiger partial charge in [-0.2, -0.15) is 0 Å². The second-order valence-corrected chi connectivity index (χ2v) is 6.55. The van der Waals surface area contributed by atoms with Gasteiger partial charge in [-0.3, -0.25) is 4.79 Å². The van der Waals surface area contributed by atoms with Gasteiger partial charge in [0, 0.05) is 5.57 Å². The van der Waals surface area contributed by atoms with Crippen molar-refractivity contribution in [2.45, 2.75) is 44.6 Å². The molecule has 1 aliphatic carbocycles. The highest BCUT2D eigenvalue weighted by molar-refractivity contribution is 6.03. The van der Waals surface area contributed by atoms with Gasteiger partial charge in [0.15, 0.2) is 0 Å². The summed E-state index contributed by atoms with van der Waals surface area (Å²) in [5.74, 6) is 0.276. The maximum absolute atomic E-state index is 12.7. The molecule has 0 aromatic heterocycles. The molecule has 0 N–H and O–H groups in total. The third-order valence-corrected chi connectivity index (χ3v) is 4.81. The number of nitrogens with zero attached hydrogens (tertiary/aromatic N) is 1. The van der Waals surface area contributed by atoms with Crippen molar-refractivity contribution in [2.24, 2.45) is 5.92 Å². The Morgan fingerprint density at radius 2 is 1.91 bits per heavy atom. The molecule has 4 heteroatoms. The molecule has 4 nitrogen and oxygen atoms in total. The summed E-state index contributed by atoms with van der Waals surface area (Å²) in [5.41, 5.74) is 1.63. The number of amides is 2. The summed E-state index contributed by atoms with van der Waals surface area (Å²) < 4.78 is 5.12. The zero-order valence-corrected chi connectivity index (χ0v) is 13.4. The van der Waals surface area contributed by atoms with Crippen molar-refractivity contribution >= 4 is 12.0 Å². The number of cyclic esters (lactones) is 1. The Bertz CT molecular complexity index is 590. The third kappa shape index (κ3) is 3.63. The molecule has 0 spiro atoms. The van der Waals surface area contributed by atoms with Crippen molar-refractivity contribution in [2.75, 3.05) is 6.61 Å². The quantitative estimate of drug-likeness (QED) is 0.778. The van der Waals surface area contributed by atoms with Crippen LogP contribution in [0.25, 0.3) is 0 Å². The number of rotatable bonds is 5. The van der Waals surface area contributed by atoms with Gasteiger partial charge in [-0.1, -0.05) is 62.6 Å². The molecule has 2 aliphatic rings. The van der Waals surface area contributed by atoms with Crippen LogP contribution in [0.2, 0.25) is 0 Å². The largest absolute Gasteiger partial charge is 0.447 e. The minimum atomic E-state index is -0.538. The van der Waals surface area contributed by atoms with E-state index in [0.717, 1.165) is 18.4 Å². The van der Waals surface area contributed by atoms with Crippen LogP contribution in [0.5, 0.6) is 0 Å². The van der Waals surface area contributed by atoms with Gasteiger partial charge in [-0.05, 0) is 24.3 Å². The Morgan fingerprint density at radius 1 is 1.22 bits per heavy atom. The van der Waals surface area contributed by atoms with Gasteiger partial charge in [-0.25, -0.2) is 9.69 Å². The van der Waals surface area contributed by atoms with Crippen LogP contribution in [-0.4, -0.2) is 29.5 Å². The van der Waals surface area contributed by atoms with E-state index in [4.69, 9.17) is 4.74 Å². The summed E-state index contributed by atoms with van der Waals surface area (Å²) in [6.07, 6.45) is 5.55. The average Bonchev–Trinajstić information content (AvgIpc) is 3.18. The van der Waals surface area contributed by atoms with E-state index in [1.807, 2.05) is 30.3 Å². The molecule has 1 aliphatic heterocycles. The molecular formula is C19H23NO3. The number of carbonyl (C=O) groups excluding carboxylic acids is 2. The van der Waals surface area contributed by atoms with Crippen molar-refractivity contribution in [3.8, 4) is 0 Å². The summed E-state index contributed by atoms with van der Waals surface area (Å²) >= 11 is 0. The number of benzene rings is 1. The Balaban J connectivity index is 1.66. The fraction of sp³-hybridized carbons (Fsp3) is 0.474. The first-order chi connectivity index (χ1) is 11.1. The molecule has 1 saturated carbocycles. The Labute approximate surface area is 137 Å². The van der Waals surface area contributed by atoms with Gasteiger partial charge >= 0.3 is 6.09 Å². The van der Waals surface area contributed by atoms with Gasteiger partial charge in [0.05, 0.1) is 6.04 Å². The Kier molecular flexibility index (Phi) is 4.79. The van der Waals surface area contributed by atoms with E-state index in [-0.39, 0.29) is 18.6 Å². The number of carbonyl (C=O) groups is 2. The van der Waals surface area contributed by atoms with E-state index >= 15 is 0 Å². The monoisotopic (exact) mass is 313 g/mol. The second kappa shape index (κ2) is 6.99. The summed E-state index contributed by atoms with van der Waals surface area (Å²) in [6, 6.07) is 9.62. The molecule has 1 aromatic rings. The highest BCUT2D eigenvalue weighted by Crippen LogP contribution is 2.31. The van der Waals surface area contributed by atoms with Crippen LogP contribution >= 0.6 is 0 Å². The first-order valence-corrected chi connectivity index (χ1v) is 8.37. The highest BCUT2D eigenvalue weighted by Gasteiger charge is 2.39. The Morgan fingerprint density at radius 3 is 2.61 bits per heavy atom. The third-order valence-electron chi connectivity index (χ3n) is 4.81. The maximum atomic E-state index is 12.7. The van der Waals surface area contributed by atoms with Crippen molar-refractivity contribution in [1.82, 2.24) is 4.90 Å². The van der Waals surface area contributed by atoms with E-state index in [2.05, 4.69) is 6.58 Å². The molecule has 1 heterocycles. The number of hydrogen-bond donors (Lipinski definition) is 0. The highest BCUT2D eigenvalue weighted by atomic mass is 16.6. The van der Waals surface area contributed by atoms with Crippen LogP contribution in [0.15, 0.2) is 42.5 Å². The lowest BCUT2D eigenvalue weighted by atomic mass is 9.97. The standard InChI is InChI=1S/C19H23NO3/c1-14(11-15-9-5-6-10-15)18(21)20-17(13-23-19(20)22)12-16-7-3-2-4-8-16/h2-4,7-8,15,17H,1,5-6,9-13H2. The van der Waals surface area contributed by atoms with Crippen LogP contribution < -0.4 is 0 Å². The molecule has 122 valence electrons. The predicted molar refractivity (Wildman–Crippen MR) is 87.8 cm³/mol. The van der Waals surface area contributed by atoms with Gasteiger partial charge < -0.3 is 4.74 Å². The summed E-state index contributed by atoms with van der Waals surface area (Å²) in [4.78, 5) is 25.9. The fourth-order valence-corrected chi connectivity index (χ4v) is 3.57. The normalized spacial score (nSPS) is 21.5. The number of ether oxygens (including phenoxy) is 1. The zero-order chi connectivity index (χ0) is 16.2. The summed E-state index contributed by atoms with van der Waals surface area (Å²) in [6.45, 7) is 4.20. The molecule has 23 heavy (non-hydrogen) atoms. The summed E-state index contributed by atoms with van der Waals surface area (Å²) in [5, 5.41) is 0. The minimum absolute atomic E-state index is 0.238. The van der Waals surface area contributed by atoms with Crippen LogP contribution in [0, 0.1) is 5.92 Å². The minimum Gasteiger partial charge on any atom is -0.447 e. The lowest BCUT2D eigenvalue weighted by Crippen LogP contribution is -2.41. The topological polar surface area (TPSA) is 46.6 Å². The molecule has 1 aromatic carbocycles. The first kappa shape index (κ1) is 15.8. The van der Waals surface area contributed by atoms with E-state index < -0.39 is 6.09 Å². The van der Waals surface area contributed by atoms with Crippen LogP contribution in [0.3, 0.4) is 0 Å².